The Morgan fingerprint density at radius 3 is 2.47 bits per heavy atom. The first-order chi connectivity index (χ1) is 15.5. The van der Waals surface area contributed by atoms with Crippen molar-refractivity contribution in [1.82, 2.24) is 9.88 Å². The molecule has 1 amide bonds. The molecule has 0 unspecified atom stereocenters. The lowest BCUT2D eigenvalue weighted by atomic mass is 10.2. The minimum atomic E-state index is 0.177. The molecule has 0 aliphatic carbocycles. The number of likely N-dealkylation sites (N-methyl/N-ethyl adjacent to an activating group) is 1. The first kappa shape index (κ1) is 24.7. The van der Waals surface area contributed by atoms with Gasteiger partial charge in [0.15, 0.2) is 5.13 Å². The number of rotatable bonds is 12. The van der Waals surface area contributed by atoms with E-state index in [2.05, 4.69) is 75.1 Å². The Labute approximate surface area is 201 Å². The van der Waals surface area contributed by atoms with Gasteiger partial charge in [0.2, 0.25) is 5.91 Å². The number of benzene rings is 2. The lowest BCUT2D eigenvalue weighted by Gasteiger charge is -2.24. The maximum absolute atomic E-state index is 13.3. The van der Waals surface area contributed by atoms with Crippen LogP contribution in [0.3, 0.4) is 0 Å². The maximum Gasteiger partial charge on any atom is 0.228 e. The van der Waals surface area contributed by atoms with Gasteiger partial charge in [0.25, 0.3) is 0 Å². The molecule has 0 fully saturated rings. The van der Waals surface area contributed by atoms with Gasteiger partial charge in [-0.05, 0) is 68.4 Å². The molecule has 172 valence electrons. The van der Waals surface area contributed by atoms with Gasteiger partial charge in [-0.3, -0.25) is 9.69 Å². The Hall–Kier alpha value is -1.89. The number of carbonyl (C=O) groups is 1. The molecule has 2 aromatic carbocycles. The lowest BCUT2D eigenvalue weighted by Crippen LogP contribution is -2.38. The normalized spacial score (nSPS) is 11.4. The highest BCUT2D eigenvalue weighted by Gasteiger charge is 2.20. The molecule has 32 heavy (non-hydrogen) atoms. The van der Waals surface area contributed by atoms with Gasteiger partial charge in [-0.2, -0.15) is 0 Å². The number of aromatic nitrogens is 1. The molecular weight excluding hydrogens is 434 g/mol. The number of fused-ring (bicyclic) bond motifs is 1. The molecular formula is C26H35N3OS2. The molecule has 0 saturated carbocycles. The summed E-state index contributed by atoms with van der Waals surface area (Å²) in [6.07, 6.45) is 2.42. The fourth-order valence-electron chi connectivity index (χ4n) is 3.58. The second-order valence-corrected chi connectivity index (χ2v) is 10.2. The van der Waals surface area contributed by atoms with Crippen LogP contribution in [-0.2, 0) is 11.2 Å². The summed E-state index contributed by atoms with van der Waals surface area (Å²) < 4.78 is 1.16. The SMILES string of the molecule is CCc1ccc2nc(N(CCN(CC)CC)C(=O)CCCSc3ccc(C)cc3)sc2c1. The van der Waals surface area contributed by atoms with Gasteiger partial charge in [-0.15, -0.1) is 11.8 Å². The minimum Gasteiger partial charge on any atom is -0.302 e. The van der Waals surface area contributed by atoms with Gasteiger partial charge < -0.3 is 4.90 Å². The summed E-state index contributed by atoms with van der Waals surface area (Å²) >= 11 is 3.46. The van der Waals surface area contributed by atoms with E-state index in [4.69, 9.17) is 4.98 Å². The highest BCUT2D eigenvalue weighted by Crippen LogP contribution is 2.30. The van der Waals surface area contributed by atoms with E-state index in [-0.39, 0.29) is 5.91 Å². The number of hydrogen-bond acceptors (Lipinski definition) is 5. The van der Waals surface area contributed by atoms with Crippen molar-refractivity contribution in [3.8, 4) is 0 Å². The molecule has 3 aromatic rings. The molecule has 0 aliphatic heterocycles. The number of thiazole rings is 1. The standard InChI is InChI=1S/C26H35N3OS2/c1-5-21-12-15-23-24(19-21)32-26(27-23)29(17-16-28(6-2)7-3)25(30)9-8-18-31-22-13-10-20(4)11-14-22/h10-15,19H,5-9,16-18H2,1-4H3. The van der Waals surface area contributed by atoms with Crippen LogP contribution in [0.25, 0.3) is 10.2 Å². The lowest BCUT2D eigenvalue weighted by molar-refractivity contribution is -0.118. The van der Waals surface area contributed by atoms with E-state index < -0.39 is 0 Å². The zero-order chi connectivity index (χ0) is 22.9. The van der Waals surface area contributed by atoms with Gasteiger partial charge in [-0.1, -0.05) is 55.9 Å². The molecule has 4 nitrogen and oxygen atoms in total. The van der Waals surface area contributed by atoms with Crippen molar-refractivity contribution < 1.29 is 4.79 Å². The average molecular weight is 470 g/mol. The second kappa shape index (κ2) is 12.4. The molecule has 0 spiro atoms. The highest BCUT2D eigenvalue weighted by molar-refractivity contribution is 7.99. The van der Waals surface area contributed by atoms with Crippen LogP contribution in [0, 0.1) is 6.92 Å². The van der Waals surface area contributed by atoms with E-state index >= 15 is 0 Å². The van der Waals surface area contributed by atoms with Crippen LogP contribution in [0.5, 0.6) is 0 Å². The van der Waals surface area contributed by atoms with E-state index in [0.29, 0.717) is 13.0 Å². The van der Waals surface area contributed by atoms with Gasteiger partial charge in [0, 0.05) is 24.4 Å². The smallest absolute Gasteiger partial charge is 0.228 e. The Morgan fingerprint density at radius 1 is 1.03 bits per heavy atom. The summed E-state index contributed by atoms with van der Waals surface area (Å²) in [6.45, 7) is 12.1. The predicted octanol–water partition coefficient (Wildman–Crippen LogP) is 6.41. The number of amides is 1. The molecule has 0 bridgehead atoms. The van der Waals surface area contributed by atoms with Gasteiger partial charge >= 0.3 is 0 Å². The largest absolute Gasteiger partial charge is 0.302 e. The number of anilines is 1. The Balaban J connectivity index is 1.67. The van der Waals surface area contributed by atoms with E-state index in [1.165, 1.54) is 16.0 Å². The predicted molar refractivity (Wildman–Crippen MR) is 140 cm³/mol. The molecule has 6 heteroatoms. The molecule has 0 atom stereocenters. The Kier molecular flexibility index (Phi) is 9.57. The zero-order valence-electron chi connectivity index (χ0n) is 19.8. The topological polar surface area (TPSA) is 36.4 Å². The fraction of sp³-hybridized carbons (Fsp3) is 0.462. The third-order valence-corrected chi connectivity index (χ3v) is 7.88. The average Bonchev–Trinajstić information content (AvgIpc) is 3.23. The van der Waals surface area contributed by atoms with Crippen molar-refractivity contribution in [3.63, 3.8) is 0 Å². The van der Waals surface area contributed by atoms with Crippen LogP contribution in [0.1, 0.15) is 44.7 Å². The van der Waals surface area contributed by atoms with Crippen molar-refractivity contribution in [1.29, 1.82) is 0 Å². The van der Waals surface area contributed by atoms with E-state index in [9.17, 15) is 4.79 Å². The molecule has 0 N–H and O–H groups in total. The first-order valence-corrected chi connectivity index (χ1v) is 13.5. The summed E-state index contributed by atoms with van der Waals surface area (Å²) in [5, 5.41) is 0.830. The van der Waals surface area contributed by atoms with Crippen LogP contribution >= 0.6 is 23.1 Å². The third-order valence-electron chi connectivity index (χ3n) is 5.74. The monoisotopic (exact) mass is 469 g/mol. The number of carbonyl (C=O) groups excluding carboxylic acids is 1. The minimum absolute atomic E-state index is 0.177. The Bertz CT molecular complexity index is 996. The molecule has 1 aromatic heterocycles. The van der Waals surface area contributed by atoms with E-state index in [0.717, 1.165) is 53.6 Å². The number of thioether (sulfide) groups is 1. The van der Waals surface area contributed by atoms with Gasteiger partial charge in [0.1, 0.15) is 0 Å². The molecule has 1 heterocycles. The second-order valence-electron chi connectivity index (χ2n) is 7.99. The van der Waals surface area contributed by atoms with Gasteiger partial charge in [-0.25, -0.2) is 4.98 Å². The number of aryl methyl sites for hydroxylation is 2. The molecule has 0 aliphatic rings. The van der Waals surface area contributed by atoms with Crippen LogP contribution in [0.2, 0.25) is 0 Å². The van der Waals surface area contributed by atoms with Crippen molar-refractivity contribution in [2.24, 2.45) is 0 Å². The highest BCUT2D eigenvalue weighted by atomic mass is 32.2. The summed E-state index contributed by atoms with van der Waals surface area (Å²) in [4.78, 5) is 23.6. The molecule has 3 rings (SSSR count). The first-order valence-electron chi connectivity index (χ1n) is 11.7. The molecule has 0 saturated heterocycles. The summed E-state index contributed by atoms with van der Waals surface area (Å²) in [5.41, 5.74) is 3.56. The Morgan fingerprint density at radius 2 is 1.78 bits per heavy atom. The van der Waals surface area contributed by atoms with Crippen LogP contribution in [0.15, 0.2) is 47.4 Å². The summed E-state index contributed by atoms with van der Waals surface area (Å²) in [5.74, 6) is 1.12. The summed E-state index contributed by atoms with van der Waals surface area (Å²) in [7, 11) is 0. The summed E-state index contributed by atoms with van der Waals surface area (Å²) in [6, 6.07) is 15.0. The maximum atomic E-state index is 13.3. The van der Waals surface area contributed by atoms with Crippen LogP contribution in [0.4, 0.5) is 5.13 Å². The molecule has 0 radical (unpaired) electrons. The van der Waals surface area contributed by atoms with Crippen molar-refractivity contribution in [3.05, 3.63) is 53.6 Å². The van der Waals surface area contributed by atoms with Crippen molar-refractivity contribution in [2.45, 2.75) is 51.9 Å². The van der Waals surface area contributed by atoms with Crippen molar-refractivity contribution >= 4 is 44.4 Å². The zero-order valence-corrected chi connectivity index (χ0v) is 21.4. The quantitative estimate of drug-likeness (QED) is 0.227. The van der Waals surface area contributed by atoms with Crippen LogP contribution in [-0.4, -0.2) is 47.7 Å². The fourth-order valence-corrected chi connectivity index (χ4v) is 5.51. The number of hydrogen-bond donors (Lipinski definition) is 0. The van der Waals surface area contributed by atoms with E-state index in [1.807, 2.05) is 16.7 Å². The van der Waals surface area contributed by atoms with Crippen LogP contribution < -0.4 is 4.90 Å². The third kappa shape index (κ3) is 6.80. The van der Waals surface area contributed by atoms with E-state index in [1.54, 1.807) is 11.3 Å². The number of nitrogens with zero attached hydrogens (tertiary/aromatic N) is 3. The van der Waals surface area contributed by atoms with Crippen molar-refractivity contribution in [2.75, 3.05) is 36.8 Å². The van der Waals surface area contributed by atoms with Gasteiger partial charge in [0.05, 0.1) is 10.2 Å².